The molecule has 6 nitrogen and oxygen atoms in total. The minimum atomic E-state index is -0.0390. The minimum absolute atomic E-state index is 0.0390. The van der Waals surface area contributed by atoms with Gasteiger partial charge in [-0.1, -0.05) is 118 Å². The lowest BCUT2D eigenvalue weighted by molar-refractivity contribution is -0.586. The number of nitrogens with zero attached hydrogens (tertiary/aromatic N) is 2. The Balaban J connectivity index is 1.43. The second-order valence-electron chi connectivity index (χ2n) is 9.82. The molecular formula is C29H37Cl4N4O2+2. The van der Waals surface area contributed by atoms with Gasteiger partial charge in [0, 0.05) is 28.1 Å². The second kappa shape index (κ2) is 16.4. The third-order valence-corrected chi connectivity index (χ3v) is 7.77. The van der Waals surface area contributed by atoms with Crippen LogP contribution in [0.3, 0.4) is 0 Å². The number of carbonyl (C=O) groups excluding carboxylic acids is 1. The topological polar surface area (TPSA) is 67.1 Å². The van der Waals surface area contributed by atoms with Gasteiger partial charge in [0.05, 0.1) is 11.1 Å². The fourth-order valence-corrected chi connectivity index (χ4v) is 5.70. The first-order chi connectivity index (χ1) is 18.8. The number of carbonyl (C=O) groups is 1. The van der Waals surface area contributed by atoms with Gasteiger partial charge in [0.1, 0.15) is 20.7 Å². The molecule has 3 rings (SSSR count). The first kappa shape index (κ1) is 31.7. The maximum atomic E-state index is 13.0. The zero-order valence-electron chi connectivity index (χ0n) is 22.4. The Morgan fingerprint density at radius 1 is 0.821 bits per heavy atom. The molecule has 10 heteroatoms. The van der Waals surface area contributed by atoms with Gasteiger partial charge in [-0.25, -0.2) is 5.32 Å². The summed E-state index contributed by atoms with van der Waals surface area (Å²) in [6.45, 7) is 2.49. The van der Waals surface area contributed by atoms with E-state index >= 15 is 0 Å². The number of hydrogen-bond acceptors (Lipinski definition) is 3. The van der Waals surface area contributed by atoms with E-state index in [2.05, 4.69) is 17.6 Å². The van der Waals surface area contributed by atoms with Crippen LogP contribution in [0.15, 0.2) is 42.2 Å². The predicted molar refractivity (Wildman–Crippen MR) is 165 cm³/mol. The van der Waals surface area contributed by atoms with Gasteiger partial charge >= 0.3 is 5.82 Å². The van der Waals surface area contributed by atoms with Crippen molar-refractivity contribution in [2.24, 2.45) is 0 Å². The van der Waals surface area contributed by atoms with Crippen LogP contribution in [-0.2, 0) is 4.79 Å². The molecule has 0 spiro atoms. The summed E-state index contributed by atoms with van der Waals surface area (Å²) in [4.78, 5) is 26.1. The third kappa shape index (κ3) is 9.94. The van der Waals surface area contributed by atoms with E-state index in [1.54, 1.807) is 24.3 Å². The Morgan fingerprint density at radius 3 is 2.03 bits per heavy atom. The van der Waals surface area contributed by atoms with Crippen molar-refractivity contribution in [2.75, 3.05) is 17.2 Å². The van der Waals surface area contributed by atoms with Gasteiger partial charge in [0.25, 0.3) is 5.69 Å². The molecule has 1 radical (unpaired) electrons. The van der Waals surface area contributed by atoms with Gasteiger partial charge in [0.15, 0.2) is 0 Å². The SMILES string of the molecule is CCCCCCCCCCCCCC(=O)Nc1ccc(Cl)c(NC2=CC[N+](c3c(Cl)cc(Cl)cc3Cl)[N+]2=O)c1. The molecule has 0 bridgehead atoms. The predicted octanol–water partition coefficient (Wildman–Crippen LogP) is 10.4. The van der Waals surface area contributed by atoms with Crippen LogP contribution in [-0.4, -0.2) is 17.3 Å². The maximum Gasteiger partial charge on any atom is 0.388 e. The standard InChI is InChI=1S/C29H36Cl4N4O2/c1-2-3-4-5-6-7-8-9-10-11-12-13-28(38)34-22-14-15-23(31)26(20-22)35-27-16-17-36(37(27)39)29-24(32)18-21(30)19-25(29)33/h14-16,18-20,35H,2-13,17H2,1H3/q+1/p+1. The van der Waals surface area contributed by atoms with Crippen molar-refractivity contribution in [1.29, 1.82) is 0 Å². The molecule has 2 aromatic carbocycles. The molecule has 2 N–H and O–H groups in total. The number of hydrogen-bond donors (Lipinski definition) is 2. The van der Waals surface area contributed by atoms with Crippen molar-refractivity contribution in [3.05, 3.63) is 67.2 Å². The summed E-state index contributed by atoms with van der Waals surface area (Å²) in [5.41, 5.74) is 1.46. The van der Waals surface area contributed by atoms with Crippen molar-refractivity contribution < 1.29 is 9.66 Å². The molecule has 1 amide bonds. The van der Waals surface area contributed by atoms with Crippen LogP contribution in [0.4, 0.5) is 17.1 Å². The first-order valence-corrected chi connectivity index (χ1v) is 15.3. The van der Waals surface area contributed by atoms with Crippen LogP contribution >= 0.6 is 46.4 Å². The van der Waals surface area contributed by atoms with Gasteiger partial charge < -0.3 is 5.32 Å². The van der Waals surface area contributed by atoms with Crippen LogP contribution < -0.4 is 15.6 Å². The number of anilines is 3. The van der Waals surface area contributed by atoms with E-state index in [0.717, 1.165) is 12.8 Å². The number of unbranched alkanes of at least 4 members (excludes halogenated alkanes) is 10. The Labute approximate surface area is 251 Å². The number of nitroso groups, excluding NO2 is 1. The highest BCUT2D eigenvalue weighted by atomic mass is 35.5. The lowest BCUT2D eigenvalue weighted by atomic mass is 10.1. The second-order valence-corrected chi connectivity index (χ2v) is 11.5. The average Bonchev–Trinajstić information content (AvgIpc) is 3.23. The van der Waals surface area contributed by atoms with Gasteiger partial charge in [-0.3, -0.25) is 4.79 Å². The van der Waals surface area contributed by atoms with Crippen LogP contribution in [0.5, 0.6) is 0 Å². The molecule has 1 aliphatic rings. The Morgan fingerprint density at radius 2 is 1.41 bits per heavy atom. The molecule has 211 valence electrons. The molecule has 0 aliphatic carbocycles. The van der Waals surface area contributed by atoms with E-state index in [1.807, 2.05) is 0 Å². The van der Waals surface area contributed by atoms with Crippen molar-refractivity contribution >= 4 is 69.4 Å². The van der Waals surface area contributed by atoms with E-state index in [4.69, 9.17) is 46.4 Å². The number of benzene rings is 2. The number of halogens is 4. The van der Waals surface area contributed by atoms with Gasteiger partial charge in [-0.2, -0.15) is 0 Å². The largest absolute Gasteiger partial charge is 0.388 e. The number of rotatable bonds is 16. The van der Waals surface area contributed by atoms with Gasteiger partial charge in [0.2, 0.25) is 17.3 Å². The van der Waals surface area contributed by atoms with Crippen LogP contribution in [0, 0.1) is 4.91 Å². The summed E-state index contributed by atoms with van der Waals surface area (Å²) in [5.74, 6) is 0.214. The van der Waals surface area contributed by atoms with Gasteiger partial charge in [-0.05, 0) is 30.7 Å². The van der Waals surface area contributed by atoms with Crippen LogP contribution in [0.25, 0.3) is 0 Å². The highest BCUT2D eigenvalue weighted by Gasteiger charge is 2.45. The van der Waals surface area contributed by atoms with Crippen molar-refractivity contribution in [3.8, 4) is 0 Å². The van der Waals surface area contributed by atoms with Crippen molar-refractivity contribution in [1.82, 2.24) is 5.01 Å². The Hall–Kier alpha value is -1.83. The minimum Gasteiger partial charge on any atom is -0.326 e. The summed E-state index contributed by atoms with van der Waals surface area (Å²) in [6, 6.07) is 8.19. The normalized spacial score (nSPS) is 13.6. The molecule has 0 fully saturated rings. The maximum absolute atomic E-state index is 13.0. The van der Waals surface area contributed by atoms with Crippen LogP contribution in [0.1, 0.15) is 84.0 Å². The molecule has 0 saturated heterocycles. The van der Waals surface area contributed by atoms with E-state index in [1.165, 1.54) is 74.9 Å². The lowest BCUT2D eigenvalue weighted by Crippen LogP contribution is -2.31. The zero-order chi connectivity index (χ0) is 28.2. The number of amides is 1. The van der Waals surface area contributed by atoms with Crippen molar-refractivity contribution in [2.45, 2.75) is 84.0 Å². The van der Waals surface area contributed by atoms with Gasteiger partial charge in [-0.15, -0.1) is 0 Å². The first-order valence-electron chi connectivity index (χ1n) is 13.8. The molecule has 1 heterocycles. The van der Waals surface area contributed by atoms with E-state index in [0.29, 0.717) is 38.4 Å². The quantitative estimate of drug-likeness (QED) is 0.146. The highest BCUT2D eigenvalue weighted by Crippen LogP contribution is 2.38. The number of hydrazine groups is 1. The molecule has 1 aliphatic heterocycles. The van der Waals surface area contributed by atoms with E-state index in [9.17, 15) is 9.70 Å². The smallest absolute Gasteiger partial charge is 0.326 e. The fraction of sp³-hybridized carbons (Fsp3) is 0.483. The molecule has 39 heavy (non-hydrogen) atoms. The molecule has 2 aromatic rings. The molecule has 0 saturated carbocycles. The van der Waals surface area contributed by atoms with E-state index < -0.39 is 0 Å². The average molecular weight is 615 g/mol. The van der Waals surface area contributed by atoms with E-state index in [-0.39, 0.29) is 28.3 Å². The number of nitrogens with one attached hydrogen (secondary N) is 2. The zero-order valence-corrected chi connectivity index (χ0v) is 25.4. The molecule has 0 unspecified atom stereocenters. The lowest BCUT2D eigenvalue weighted by Gasteiger charge is -2.08. The summed E-state index contributed by atoms with van der Waals surface area (Å²) in [6.07, 6.45) is 15.8. The fourth-order valence-electron chi connectivity index (χ4n) is 4.53. The van der Waals surface area contributed by atoms with Crippen LogP contribution in [0.2, 0.25) is 20.1 Å². The summed E-state index contributed by atoms with van der Waals surface area (Å²) >= 11 is 25.0. The van der Waals surface area contributed by atoms with Crippen molar-refractivity contribution in [3.63, 3.8) is 0 Å². The summed E-state index contributed by atoms with van der Waals surface area (Å²) in [5, 5.41) is 8.69. The molecular weight excluding hydrogens is 578 g/mol. The third-order valence-electron chi connectivity index (χ3n) is 6.64. The molecule has 0 aromatic heterocycles. The molecule has 0 atom stereocenters. The monoisotopic (exact) mass is 613 g/mol. The summed E-state index contributed by atoms with van der Waals surface area (Å²) in [7, 11) is 0. The Bertz CT molecular complexity index is 1150. The Kier molecular flexibility index (Phi) is 13.4. The highest BCUT2D eigenvalue weighted by molar-refractivity contribution is 6.41. The summed E-state index contributed by atoms with van der Waals surface area (Å²) < 4.78 is 0.